The van der Waals surface area contributed by atoms with E-state index in [1.807, 2.05) is 0 Å². The van der Waals surface area contributed by atoms with Gasteiger partial charge in [-0.2, -0.15) is 0 Å². The van der Waals surface area contributed by atoms with Crippen molar-refractivity contribution in [3.63, 3.8) is 0 Å². The van der Waals surface area contributed by atoms with E-state index in [4.69, 9.17) is 15.0 Å². The first-order chi connectivity index (χ1) is 9.58. The highest BCUT2D eigenvalue weighted by atomic mass is 16.5. The molecule has 1 rings (SSSR count). The molecule has 1 aromatic rings. The average Bonchev–Trinajstić information content (AvgIpc) is 2.50. The summed E-state index contributed by atoms with van der Waals surface area (Å²) in [5.74, 6) is -0.783. The SMILES string of the molecule is COC(=O)c1cc(OC)c(C(=O)CN=[N+]=[N-])c(OC)c1. The molecule has 8 nitrogen and oxygen atoms in total. The molecule has 1 aromatic carbocycles. The number of ketones is 1. The van der Waals surface area contributed by atoms with Crippen molar-refractivity contribution < 1.29 is 23.8 Å². The van der Waals surface area contributed by atoms with Gasteiger partial charge in [-0.15, -0.1) is 0 Å². The lowest BCUT2D eigenvalue weighted by Gasteiger charge is -2.13. The van der Waals surface area contributed by atoms with E-state index in [1.54, 1.807) is 0 Å². The van der Waals surface area contributed by atoms with Crippen molar-refractivity contribution in [2.24, 2.45) is 5.11 Å². The molecule has 0 heterocycles. The van der Waals surface area contributed by atoms with E-state index in [1.165, 1.54) is 33.5 Å². The van der Waals surface area contributed by atoms with Crippen LogP contribution in [0.4, 0.5) is 0 Å². The summed E-state index contributed by atoms with van der Waals surface area (Å²) in [7, 11) is 3.93. The molecule has 0 fully saturated rings. The molecule has 0 aliphatic carbocycles. The Balaban J connectivity index is 3.38. The predicted molar refractivity (Wildman–Crippen MR) is 69.2 cm³/mol. The zero-order valence-electron chi connectivity index (χ0n) is 11.2. The number of rotatable bonds is 6. The second-order valence-electron chi connectivity index (χ2n) is 3.56. The van der Waals surface area contributed by atoms with E-state index < -0.39 is 11.8 Å². The first-order valence-electron chi connectivity index (χ1n) is 5.47. The van der Waals surface area contributed by atoms with E-state index in [2.05, 4.69) is 14.8 Å². The molecule has 0 bridgehead atoms. The van der Waals surface area contributed by atoms with Gasteiger partial charge in [0.05, 0.1) is 33.4 Å². The number of carbonyl (C=O) groups excluding carboxylic acids is 2. The number of azide groups is 1. The van der Waals surface area contributed by atoms with Gasteiger partial charge in [0.15, 0.2) is 5.78 Å². The number of esters is 1. The van der Waals surface area contributed by atoms with Gasteiger partial charge < -0.3 is 14.2 Å². The number of methoxy groups -OCH3 is 3. The quantitative estimate of drug-likeness (QED) is 0.260. The van der Waals surface area contributed by atoms with Crippen LogP contribution >= 0.6 is 0 Å². The fraction of sp³-hybridized carbons (Fsp3) is 0.333. The minimum atomic E-state index is -0.587. The van der Waals surface area contributed by atoms with Crippen LogP contribution in [-0.2, 0) is 4.74 Å². The average molecular weight is 279 g/mol. The lowest BCUT2D eigenvalue weighted by Crippen LogP contribution is -2.10. The molecule has 0 atom stereocenters. The maximum Gasteiger partial charge on any atom is 0.338 e. The third-order valence-electron chi connectivity index (χ3n) is 2.48. The summed E-state index contributed by atoms with van der Waals surface area (Å²) in [5, 5.41) is 3.20. The molecule has 20 heavy (non-hydrogen) atoms. The highest BCUT2D eigenvalue weighted by molar-refractivity contribution is 6.04. The van der Waals surface area contributed by atoms with Crippen LogP contribution in [0.15, 0.2) is 17.2 Å². The molecule has 0 spiro atoms. The lowest BCUT2D eigenvalue weighted by molar-refractivity contribution is 0.0599. The lowest BCUT2D eigenvalue weighted by atomic mass is 10.0. The molecule has 0 unspecified atom stereocenters. The largest absolute Gasteiger partial charge is 0.496 e. The summed E-state index contributed by atoms with van der Waals surface area (Å²) in [6.45, 7) is -0.374. The van der Waals surface area contributed by atoms with Crippen LogP contribution in [-0.4, -0.2) is 39.6 Å². The van der Waals surface area contributed by atoms with Gasteiger partial charge in [0.25, 0.3) is 0 Å². The number of carbonyl (C=O) groups is 2. The smallest absolute Gasteiger partial charge is 0.338 e. The fourth-order valence-electron chi connectivity index (χ4n) is 1.60. The highest BCUT2D eigenvalue weighted by Crippen LogP contribution is 2.31. The van der Waals surface area contributed by atoms with E-state index in [-0.39, 0.29) is 29.2 Å². The van der Waals surface area contributed by atoms with Crippen molar-refractivity contribution in [1.82, 2.24) is 0 Å². The second kappa shape index (κ2) is 7.01. The van der Waals surface area contributed by atoms with Crippen molar-refractivity contribution >= 4 is 11.8 Å². The predicted octanol–water partition coefficient (Wildman–Crippen LogP) is 1.98. The standard InChI is InChI=1S/C12H13N3O5/c1-18-9-4-7(12(17)20-3)5-10(19-2)11(9)8(16)6-14-15-13/h4-5H,6H2,1-3H3. The summed E-state index contributed by atoms with van der Waals surface area (Å²) >= 11 is 0. The molecule has 0 amide bonds. The number of benzene rings is 1. The van der Waals surface area contributed by atoms with E-state index >= 15 is 0 Å². The number of hydrogen-bond donors (Lipinski definition) is 0. The Bertz CT molecular complexity index is 553. The normalized spacial score (nSPS) is 9.35. The van der Waals surface area contributed by atoms with Crippen LogP contribution in [0.1, 0.15) is 20.7 Å². The molecule has 106 valence electrons. The maximum atomic E-state index is 12.0. The molecule has 0 N–H and O–H groups in total. The van der Waals surface area contributed by atoms with Crippen LogP contribution in [0.3, 0.4) is 0 Å². The number of Topliss-reactive ketones (excluding diaryl/α,β-unsaturated/α-hetero) is 1. The molecule has 0 radical (unpaired) electrons. The zero-order chi connectivity index (χ0) is 15.1. The molecule has 0 aliphatic heterocycles. The van der Waals surface area contributed by atoms with Crippen LogP contribution in [0, 0.1) is 0 Å². The van der Waals surface area contributed by atoms with Gasteiger partial charge in [0, 0.05) is 4.91 Å². The number of nitrogens with zero attached hydrogens (tertiary/aromatic N) is 3. The summed E-state index contributed by atoms with van der Waals surface area (Å²) in [6, 6.07) is 2.72. The third kappa shape index (κ3) is 3.18. The first-order valence-corrected chi connectivity index (χ1v) is 5.47. The van der Waals surface area contributed by atoms with Gasteiger partial charge in [0.1, 0.15) is 17.1 Å². The Labute approximate surface area is 114 Å². The van der Waals surface area contributed by atoms with Crippen LogP contribution < -0.4 is 9.47 Å². The summed E-state index contributed by atoms with van der Waals surface area (Å²) in [6.07, 6.45) is 0. The number of hydrogen-bond acceptors (Lipinski definition) is 6. The zero-order valence-corrected chi connectivity index (χ0v) is 11.2. The molecule has 0 aliphatic rings. The Kier molecular flexibility index (Phi) is 5.37. The van der Waals surface area contributed by atoms with Crippen LogP contribution in [0.5, 0.6) is 11.5 Å². The first kappa shape index (κ1) is 15.3. The Morgan fingerprint density at radius 1 is 1.20 bits per heavy atom. The summed E-state index contributed by atoms with van der Waals surface area (Å²) < 4.78 is 14.8. The van der Waals surface area contributed by atoms with Crippen LogP contribution in [0.2, 0.25) is 0 Å². The molecule has 0 saturated heterocycles. The Hall–Kier alpha value is -2.73. The Morgan fingerprint density at radius 2 is 1.75 bits per heavy atom. The van der Waals surface area contributed by atoms with Gasteiger partial charge in [0.2, 0.25) is 0 Å². The van der Waals surface area contributed by atoms with Crippen molar-refractivity contribution in [1.29, 1.82) is 0 Å². The van der Waals surface area contributed by atoms with Gasteiger partial charge in [-0.25, -0.2) is 4.79 Å². The third-order valence-corrected chi connectivity index (χ3v) is 2.48. The van der Waals surface area contributed by atoms with Crippen molar-refractivity contribution in [2.45, 2.75) is 0 Å². The minimum Gasteiger partial charge on any atom is -0.496 e. The highest BCUT2D eigenvalue weighted by Gasteiger charge is 2.21. The van der Waals surface area contributed by atoms with E-state index in [0.29, 0.717) is 0 Å². The van der Waals surface area contributed by atoms with Gasteiger partial charge in [-0.05, 0) is 17.7 Å². The van der Waals surface area contributed by atoms with Gasteiger partial charge >= 0.3 is 5.97 Å². The van der Waals surface area contributed by atoms with E-state index in [0.717, 1.165) is 0 Å². The molecular weight excluding hydrogens is 266 g/mol. The molecule has 0 aromatic heterocycles. The Morgan fingerprint density at radius 3 is 2.15 bits per heavy atom. The van der Waals surface area contributed by atoms with Gasteiger partial charge in [-0.1, -0.05) is 5.11 Å². The maximum absolute atomic E-state index is 12.0. The molecular formula is C12H13N3O5. The van der Waals surface area contributed by atoms with Crippen molar-refractivity contribution in [2.75, 3.05) is 27.9 Å². The monoisotopic (exact) mass is 279 g/mol. The van der Waals surface area contributed by atoms with Gasteiger partial charge in [-0.3, -0.25) is 4.79 Å². The minimum absolute atomic E-state index is 0.107. The second-order valence-corrected chi connectivity index (χ2v) is 3.56. The number of ether oxygens (including phenoxy) is 3. The van der Waals surface area contributed by atoms with Crippen molar-refractivity contribution in [3.8, 4) is 11.5 Å². The van der Waals surface area contributed by atoms with Crippen LogP contribution in [0.25, 0.3) is 10.4 Å². The topological polar surface area (TPSA) is 111 Å². The molecule has 0 saturated carbocycles. The molecule has 8 heteroatoms. The van der Waals surface area contributed by atoms with Crippen molar-refractivity contribution in [3.05, 3.63) is 33.7 Å². The fourth-order valence-corrected chi connectivity index (χ4v) is 1.60. The van der Waals surface area contributed by atoms with E-state index in [9.17, 15) is 9.59 Å². The summed E-state index contributed by atoms with van der Waals surface area (Å²) in [5.41, 5.74) is 8.53. The summed E-state index contributed by atoms with van der Waals surface area (Å²) in [4.78, 5) is 26.0.